The fraction of sp³-hybridized carbons (Fsp3) is 0.438. The van der Waals surface area contributed by atoms with Crippen LogP contribution in [0.25, 0.3) is 0 Å². The summed E-state index contributed by atoms with van der Waals surface area (Å²) in [6.45, 7) is 0.845. The summed E-state index contributed by atoms with van der Waals surface area (Å²) in [6, 6.07) is 2.04. The lowest BCUT2D eigenvalue weighted by molar-refractivity contribution is -0.136. The standard InChI is InChI=1S/C16H18N6O2/c23-15(21-14-10-17-7-8-18-14)13-3-2-11-12(24-13)4-9-22(11)16-19-5-1-6-20-16/h1,5-8,10-13H,2-4,9H2,(H,18,21,23)/t11-,12-,13+/m1/s1. The lowest BCUT2D eigenvalue weighted by Crippen LogP contribution is -2.46. The zero-order valence-corrected chi connectivity index (χ0v) is 13.1. The minimum atomic E-state index is -0.454. The van der Waals surface area contributed by atoms with Gasteiger partial charge in [0.2, 0.25) is 5.95 Å². The van der Waals surface area contributed by atoms with E-state index in [0.29, 0.717) is 12.2 Å². The third-order valence-electron chi connectivity index (χ3n) is 4.46. The summed E-state index contributed by atoms with van der Waals surface area (Å²) >= 11 is 0. The van der Waals surface area contributed by atoms with E-state index in [1.54, 1.807) is 30.9 Å². The van der Waals surface area contributed by atoms with Crippen LogP contribution in [0, 0.1) is 0 Å². The number of nitrogens with one attached hydrogen (secondary N) is 1. The molecule has 2 fully saturated rings. The monoisotopic (exact) mass is 326 g/mol. The Labute approximate surface area is 139 Å². The van der Waals surface area contributed by atoms with Crippen LogP contribution in [-0.4, -0.2) is 50.6 Å². The maximum atomic E-state index is 12.4. The Morgan fingerprint density at radius 2 is 2.00 bits per heavy atom. The number of ether oxygens (including phenoxy) is 1. The van der Waals surface area contributed by atoms with Gasteiger partial charge in [0.05, 0.1) is 18.3 Å². The maximum absolute atomic E-state index is 12.4. The van der Waals surface area contributed by atoms with E-state index in [0.717, 1.165) is 25.3 Å². The highest BCUT2D eigenvalue weighted by atomic mass is 16.5. The summed E-state index contributed by atoms with van der Waals surface area (Å²) in [7, 11) is 0. The molecule has 24 heavy (non-hydrogen) atoms. The molecule has 0 bridgehead atoms. The molecule has 2 saturated heterocycles. The van der Waals surface area contributed by atoms with Gasteiger partial charge < -0.3 is 15.0 Å². The topological polar surface area (TPSA) is 93.1 Å². The van der Waals surface area contributed by atoms with Crippen LogP contribution >= 0.6 is 0 Å². The van der Waals surface area contributed by atoms with Crippen molar-refractivity contribution in [2.24, 2.45) is 0 Å². The smallest absolute Gasteiger partial charge is 0.254 e. The van der Waals surface area contributed by atoms with Gasteiger partial charge in [-0.3, -0.25) is 9.78 Å². The molecule has 4 heterocycles. The zero-order valence-electron chi connectivity index (χ0n) is 13.1. The van der Waals surface area contributed by atoms with Crippen LogP contribution in [0.2, 0.25) is 0 Å². The molecule has 0 saturated carbocycles. The van der Waals surface area contributed by atoms with Gasteiger partial charge in [0.1, 0.15) is 6.10 Å². The summed E-state index contributed by atoms with van der Waals surface area (Å²) in [4.78, 5) is 31.2. The Morgan fingerprint density at radius 1 is 1.12 bits per heavy atom. The number of anilines is 2. The predicted octanol–water partition coefficient (Wildman–Crippen LogP) is 1.03. The number of carbonyl (C=O) groups excluding carboxylic acids is 1. The van der Waals surface area contributed by atoms with Crippen molar-refractivity contribution in [2.75, 3.05) is 16.8 Å². The van der Waals surface area contributed by atoms with Crippen LogP contribution in [0.5, 0.6) is 0 Å². The quantitative estimate of drug-likeness (QED) is 0.900. The van der Waals surface area contributed by atoms with Crippen molar-refractivity contribution in [1.82, 2.24) is 19.9 Å². The Kier molecular flexibility index (Phi) is 4.04. The van der Waals surface area contributed by atoms with E-state index in [1.165, 1.54) is 6.20 Å². The molecular weight excluding hydrogens is 308 g/mol. The second-order valence-corrected chi connectivity index (χ2v) is 5.92. The van der Waals surface area contributed by atoms with Crippen molar-refractivity contribution in [3.05, 3.63) is 37.1 Å². The first kappa shape index (κ1) is 14.9. The van der Waals surface area contributed by atoms with Crippen LogP contribution in [0.4, 0.5) is 11.8 Å². The van der Waals surface area contributed by atoms with Crippen LogP contribution in [-0.2, 0) is 9.53 Å². The molecule has 0 aliphatic carbocycles. The number of hydrogen-bond donors (Lipinski definition) is 1. The van der Waals surface area contributed by atoms with Crippen molar-refractivity contribution in [3.8, 4) is 0 Å². The first-order chi connectivity index (χ1) is 11.8. The average Bonchev–Trinajstić information content (AvgIpc) is 3.06. The number of fused-ring (bicyclic) bond motifs is 1. The van der Waals surface area contributed by atoms with E-state index in [4.69, 9.17) is 4.74 Å². The van der Waals surface area contributed by atoms with Crippen molar-refractivity contribution >= 4 is 17.7 Å². The number of carbonyl (C=O) groups is 1. The highest BCUT2D eigenvalue weighted by Gasteiger charge is 2.42. The number of nitrogens with zero attached hydrogens (tertiary/aromatic N) is 5. The molecule has 8 nitrogen and oxygen atoms in total. The van der Waals surface area contributed by atoms with Gasteiger partial charge in [0.25, 0.3) is 5.91 Å². The average molecular weight is 326 g/mol. The molecule has 0 radical (unpaired) electrons. The second-order valence-electron chi connectivity index (χ2n) is 5.92. The van der Waals surface area contributed by atoms with Gasteiger partial charge in [-0.15, -0.1) is 0 Å². The molecule has 0 unspecified atom stereocenters. The lowest BCUT2D eigenvalue weighted by Gasteiger charge is -2.35. The van der Waals surface area contributed by atoms with Gasteiger partial charge in [-0.2, -0.15) is 0 Å². The molecule has 8 heteroatoms. The molecule has 4 rings (SSSR count). The molecule has 2 aromatic heterocycles. The highest BCUT2D eigenvalue weighted by molar-refractivity contribution is 5.93. The van der Waals surface area contributed by atoms with Gasteiger partial charge in [-0.25, -0.2) is 15.0 Å². The Bertz CT molecular complexity index is 698. The number of hydrogen-bond acceptors (Lipinski definition) is 7. The summed E-state index contributed by atoms with van der Waals surface area (Å²) < 4.78 is 6.04. The first-order valence-corrected chi connectivity index (χ1v) is 8.07. The van der Waals surface area contributed by atoms with Crippen LogP contribution in [0.1, 0.15) is 19.3 Å². The van der Waals surface area contributed by atoms with Gasteiger partial charge >= 0.3 is 0 Å². The molecule has 0 aromatic carbocycles. The van der Waals surface area contributed by atoms with E-state index in [1.807, 2.05) is 0 Å². The minimum Gasteiger partial charge on any atom is -0.363 e. The van der Waals surface area contributed by atoms with Crippen LogP contribution in [0.3, 0.4) is 0 Å². The molecule has 0 spiro atoms. The SMILES string of the molecule is O=C(Nc1cnccn1)[C@@H]1CC[C@@H]2[C@@H](CCN2c2ncccn2)O1. The van der Waals surface area contributed by atoms with Gasteiger partial charge in [-0.1, -0.05) is 0 Å². The van der Waals surface area contributed by atoms with E-state index < -0.39 is 6.10 Å². The zero-order chi connectivity index (χ0) is 16.4. The van der Waals surface area contributed by atoms with E-state index >= 15 is 0 Å². The molecular formula is C16H18N6O2. The maximum Gasteiger partial charge on any atom is 0.254 e. The molecule has 1 N–H and O–H groups in total. The fourth-order valence-electron chi connectivity index (χ4n) is 3.38. The summed E-state index contributed by atoms with van der Waals surface area (Å²) in [6.07, 6.45) is 10.1. The lowest BCUT2D eigenvalue weighted by atomic mass is 9.99. The van der Waals surface area contributed by atoms with Crippen LogP contribution < -0.4 is 10.2 Å². The van der Waals surface area contributed by atoms with E-state index in [9.17, 15) is 4.79 Å². The Balaban J connectivity index is 1.40. The molecule has 2 aromatic rings. The number of rotatable bonds is 3. The van der Waals surface area contributed by atoms with E-state index in [-0.39, 0.29) is 18.1 Å². The summed E-state index contributed by atoms with van der Waals surface area (Å²) in [5.41, 5.74) is 0. The van der Waals surface area contributed by atoms with Gasteiger partial charge in [0.15, 0.2) is 5.82 Å². The second kappa shape index (κ2) is 6.48. The highest BCUT2D eigenvalue weighted by Crippen LogP contribution is 2.33. The van der Waals surface area contributed by atoms with Crippen molar-refractivity contribution in [1.29, 1.82) is 0 Å². The largest absolute Gasteiger partial charge is 0.363 e. The van der Waals surface area contributed by atoms with Crippen molar-refractivity contribution in [3.63, 3.8) is 0 Å². The molecule has 124 valence electrons. The normalized spacial score (nSPS) is 26.0. The molecule has 1 amide bonds. The fourth-order valence-corrected chi connectivity index (χ4v) is 3.38. The van der Waals surface area contributed by atoms with Gasteiger partial charge in [-0.05, 0) is 25.3 Å². The van der Waals surface area contributed by atoms with Crippen molar-refractivity contribution < 1.29 is 9.53 Å². The summed E-state index contributed by atoms with van der Waals surface area (Å²) in [5, 5.41) is 2.76. The van der Waals surface area contributed by atoms with Crippen molar-refractivity contribution in [2.45, 2.75) is 37.5 Å². The summed E-state index contributed by atoms with van der Waals surface area (Å²) in [5.74, 6) is 1.01. The minimum absolute atomic E-state index is 0.0279. The Hall–Kier alpha value is -2.61. The third-order valence-corrected chi connectivity index (χ3v) is 4.46. The molecule has 2 aliphatic heterocycles. The number of aromatic nitrogens is 4. The molecule has 2 aliphatic rings. The third kappa shape index (κ3) is 2.92. The first-order valence-electron chi connectivity index (χ1n) is 8.07. The van der Waals surface area contributed by atoms with Gasteiger partial charge in [0, 0.05) is 31.3 Å². The number of amides is 1. The van der Waals surface area contributed by atoms with Crippen LogP contribution in [0.15, 0.2) is 37.1 Å². The predicted molar refractivity (Wildman–Crippen MR) is 86.3 cm³/mol. The van der Waals surface area contributed by atoms with E-state index in [2.05, 4.69) is 30.2 Å². The Morgan fingerprint density at radius 3 is 2.79 bits per heavy atom. The molecule has 3 atom stereocenters.